The number of carbonyl (C=O) groups is 7. The summed E-state index contributed by atoms with van der Waals surface area (Å²) in [5.41, 5.74) is 27.5. The number of guanidine groups is 2. The van der Waals surface area contributed by atoms with Crippen LogP contribution in [-0.2, 0) is 33.6 Å². The number of pyridine rings is 1. The fourth-order valence-electron chi connectivity index (χ4n) is 5.57. The van der Waals surface area contributed by atoms with E-state index < -0.39 is 89.1 Å². The molecule has 0 aromatic carbocycles. The molecule has 1 aromatic heterocycles. The minimum atomic E-state index is -1.42. The third-order valence-corrected chi connectivity index (χ3v) is 11.0. The topological polar surface area (TPSA) is 423 Å². The van der Waals surface area contributed by atoms with E-state index in [0.29, 0.717) is 6.42 Å². The summed E-state index contributed by atoms with van der Waals surface area (Å²) in [4.78, 5) is 115. The fraction of sp³-hybridized carbons (Fsp3) is 0.622. The predicted octanol–water partition coefficient (Wildman–Crippen LogP) is -2.10. The molecule has 1 heterocycles. The van der Waals surface area contributed by atoms with Crippen LogP contribution in [-0.4, -0.2) is 130 Å². The number of amides is 6. The molecule has 6 atom stereocenters. The van der Waals surface area contributed by atoms with Crippen molar-refractivity contribution in [2.45, 2.75) is 114 Å². The zero-order valence-electron chi connectivity index (χ0n) is 36.5. The Morgan fingerprint density at radius 3 is 1.75 bits per heavy atom. The van der Waals surface area contributed by atoms with Gasteiger partial charge in [0.15, 0.2) is 16.9 Å². The van der Waals surface area contributed by atoms with E-state index in [4.69, 9.17) is 33.8 Å². The highest BCUT2D eigenvalue weighted by Crippen LogP contribution is 2.35. The number of hydrogen-bond acceptors (Lipinski definition) is 15. The molecule has 0 unspecified atom stereocenters. The third-order valence-electron chi connectivity index (χ3n) is 8.68. The molecule has 0 aliphatic heterocycles. The van der Waals surface area contributed by atoms with Gasteiger partial charge >= 0.3 is 11.7 Å². The smallest absolute Gasteiger partial charge is 0.322 e. The van der Waals surface area contributed by atoms with Crippen LogP contribution in [0.5, 0.6) is 0 Å². The number of carboxylic acids is 1. The first-order chi connectivity index (χ1) is 30.0. The van der Waals surface area contributed by atoms with Gasteiger partial charge in [-0.3, -0.25) is 53.7 Å². The average Bonchev–Trinajstić information content (AvgIpc) is 3.20. The van der Waals surface area contributed by atoms with E-state index in [-0.39, 0.29) is 85.4 Å². The molecule has 0 bridgehead atoms. The van der Waals surface area contributed by atoms with Crippen LogP contribution in [0.4, 0.5) is 5.69 Å². The van der Waals surface area contributed by atoms with Gasteiger partial charge < -0.3 is 65.7 Å². The number of carboxylic acid groups (broad SMARTS) is 1. The maximum Gasteiger partial charge on any atom is 0.322 e. The van der Waals surface area contributed by atoms with E-state index in [2.05, 4.69) is 46.9 Å². The van der Waals surface area contributed by atoms with Gasteiger partial charge in [0.1, 0.15) is 36.8 Å². The zero-order valence-corrected chi connectivity index (χ0v) is 38.2. The van der Waals surface area contributed by atoms with E-state index in [1.54, 1.807) is 13.8 Å². The van der Waals surface area contributed by atoms with E-state index in [1.165, 1.54) is 25.3 Å². The molecule has 1 aromatic rings. The number of nitrogens with two attached hydrogens (primary N) is 5. The van der Waals surface area contributed by atoms with Crippen LogP contribution in [0.1, 0.15) is 73.1 Å². The Morgan fingerprint density at radius 2 is 1.23 bits per heavy atom. The van der Waals surface area contributed by atoms with Crippen molar-refractivity contribution in [3.05, 3.63) is 28.4 Å². The molecule has 358 valence electrons. The SMILES string of the molecule is CC(C)C[C@H](NC(=O)[C@H](CSSc1ncccc1[N+](=O)[O-])NC(=O)[C@H](C)NC(=O)[C@H](CCCN=C(N)N)NC(=O)[C@H](CCCN=C(N)N)NC(=O)[C@@H](N)CC(C)C)C(=O)NCC(=O)O. The number of nitro groups is 1. The molecule has 0 saturated heterocycles. The summed E-state index contributed by atoms with van der Waals surface area (Å²) in [5, 5.41) is 35.7. The van der Waals surface area contributed by atoms with Gasteiger partial charge in [0.2, 0.25) is 35.4 Å². The van der Waals surface area contributed by atoms with Crippen LogP contribution in [0, 0.1) is 22.0 Å². The largest absolute Gasteiger partial charge is 0.480 e. The van der Waals surface area contributed by atoms with E-state index in [1.807, 2.05) is 13.8 Å². The highest BCUT2D eigenvalue weighted by molar-refractivity contribution is 8.76. The first-order valence-electron chi connectivity index (χ1n) is 20.3. The van der Waals surface area contributed by atoms with Gasteiger partial charge in [-0.15, -0.1) is 0 Å². The van der Waals surface area contributed by atoms with E-state index in [9.17, 15) is 43.7 Å². The molecule has 64 heavy (non-hydrogen) atoms. The summed E-state index contributed by atoms with van der Waals surface area (Å²) in [6, 6.07) is -4.80. The molecule has 0 saturated carbocycles. The standard InChI is InChI=1S/C37H63N15O10S2/c1-19(2)15-22(38)30(56)48-24(10-7-14-45-37(41)42)33(59)49-23(9-6-13-44-36(39)40)32(58)47-21(5)29(55)51-26(18-63-64-35-27(52(61)62)11-8-12-43-35)34(60)50-25(16-20(3)4)31(57)46-17-28(53)54/h8,11-12,19-26H,6-7,9-10,13-18,38H2,1-5H3,(H,46,57)(H,47,58)(H,48,56)(H,49,59)(H,50,60)(H,51,55)(H,53,54)(H4,39,40,44)(H4,41,42,45)/t21-,22-,23-,24-,25-,26-/m0/s1. The zero-order chi connectivity index (χ0) is 48.5. The molecule has 17 N–H and O–H groups in total. The van der Waals surface area contributed by atoms with Crippen molar-refractivity contribution in [1.29, 1.82) is 0 Å². The number of aliphatic imine (C=N–C) groups is 2. The Labute approximate surface area is 378 Å². The molecular weight excluding hydrogens is 879 g/mol. The van der Waals surface area contributed by atoms with Gasteiger partial charge in [0, 0.05) is 31.1 Å². The van der Waals surface area contributed by atoms with Crippen LogP contribution >= 0.6 is 21.6 Å². The highest BCUT2D eigenvalue weighted by atomic mass is 33.1. The maximum atomic E-state index is 13.8. The molecule has 0 fully saturated rings. The lowest BCUT2D eigenvalue weighted by molar-refractivity contribution is -0.388. The third kappa shape index (κ3) is 22.9. The summed E-state index contributed by atoms with van der Waals surface area (Å²) in [7, 11) is 1.78. The number of rotatable bonds is 30. The second kappa shape index (κ2) is 29.4. The first kappa shape index (κ1) is 56.1. The van der Waals surface area contributed by atoms with Crippen molar-refractivity contribution >= 4 is 80.6 Å². The number of nitrogens with one attached hydrogen (secondary N) is 6. The quantitative estimate of drug-likeness (QED) is 0.00981. The highest BCUT2D eigenvalue weighted by Gasteiger charge is 2.32. The Kier molecular flexibility index (Phi) is 25.8. The lowest BCUT2D eigenvalue weighted by atomic mass is 10.0. The van der Waals surface area contributed by atoms with Gasteiger partial charge in [-0.25, -0.2) is 4.98 Å². The van der Waals surface area contributed by atoms with Crippen molar-refractivity contribution in [3.63, 3.8) is 0 Å². The number of hydrogen-bond donors (Lipinski definition) is 12. The Morgan fingerprint density at radius 1 is 0.734 bits per heavy atom. The summed E-state index contributed by atoms with van der Waals surface area (Å²) in [5.74, 6) is -6.72. The van der Waals surface area contributed by atoms with Crippen molar-refractivity contribution in [1.82, 2.24) is 36.9 Å². The first-order valence-corrected chi connectivity index (χ1v) is 22.6. The van der Waals surface area contributed by atoms with Gasteiger partial charge in [-0.1, -0.05) is 38.5 Å². The van der Waals surface area contributed by atoms with Crippen LogP contribution < -0.4 is 60.6 Å². The lowest BCUT2D eigenvalue weighted by Gasteiger charge is -2.26. The molecule has 25 nitrogen and oxygen atoms in total. The average molecular weight is 942 g/mol. The van der Waals surface area contributed by atoms with E-state index >= 15 is 0 Å². The van der Waals surface area contributed by atoms with Crippen LogP contribution in [0.25, 0.3) is 0 Å². The minimum Gasteiger partial charge on any atom is -0.480 e. The van der Waals surface area contributed by atoms with Crippen molar-refractivity contribution in [3.8, 4) is 0 Å². The summed E-state index contributed by atoms with van der Waals surface area (Å²) in [6.07, 6.45) is 2.21. The molecule has 0 radical (unpaired) electrons. The predicted molar refractivity (Wildman–Crippen MR) is 242 cm³/mol. The number of aromatic nitrogens is 1. The number of aliphatic carboxylic acids is 1. The summed E-state index contributed by atoms with van der Waals surface area (Å²) < 4.78 is 0. The molecule has 0 aliphatic carbocycles. The summed E-state index contributed by atoms with van der Waals surface area (Å²) >= 11 is 0. The van der Waals surface area contributed by atoms with Crippen molar-refractivity contribution in [2.75, 3.05) is 25.4 Å². The monoisotopic (exact) mass is 941 g/mol. The lowest BCUT2D eigenvalue weighted by Crippen LogP contribution is -2.59. The molecular formula is C37H63N15O10S2. The molecule has 1 rings (SSSR count). The van der Waals surface area contributed by atoms with Gasteiger partial charge in [-0.2, -0.15) is 0 Å². The minimum absolute atomic E-state index is 0.0104. The normalized spacial score (nSPS) is 13.8. The Balaban J connectivity index is 3.40. The number of carbonyl (C=O) groups excluding carboxylic acids is 6. The van der Waals surface area contributed by atoms with Crippen LogP contribution in [0.2, 0.25) is 0 Å². The van der Waals surface area contributed by atoms with Crippen LogP contribution in [0.15, 0.2) is 33.3 Å². The van der Waals surface area contributed by atoms with Gasteiger partial charge in [-0.05, 0) is 74.1 Å². The molecule has 6 amide bonds. The van der Waals surface area contributed by atoms with Gasteiger partial charge in [0.05, 0.1) is 11.0 Å². The Bertz CT molecular complexity index is 1810. The molecule has 0 aliphatic rings. The van der Waals surface area contributed by atoms with E-state index in [0.717, 1.165) is 21.6 Å². The van der Waals surface area contributed by atoms with Crippen LogP contribution in [0.3, 0.4) is 0 Å². The second-order valence-corrected chi connectivity index (χ2v) is 17.6. The maximum absolute atomic E-state index is 13.8. The second-order valence-electron chi connectivity index (χ2n) is 15.3. The molecule has 0 spiro atoms. The number of nitrogens with zero attached hydrogens (tertiary/aromatic N) is 4. The molecule has 27 heteroatoms. The Hall–Kier alpha value is -5.96. The van der Waals surface area contributed by atoms with Crippen molar-refractivity contribution in [2.24, 2.45) is 50.5 Å². The van der Waals surface area contributed by atoms with Crippen molar-refractivity contribution < 1.29 is 43.6 Å². The fourth-order valence-corrected chi connectivity index (χ4v) is 7.79. The summed E-state index contributed by atoms with van der Waals surface area (Å²) in [6.45, 7) is 8.09. The van der Waals surface area contributed by atoms with Gasteiger partial charge in [0.25, 0.3) is 0 Å².